The van der Waals surface area contributed by atoms with Crippen molar-refractivity contribution < 1.29 is 0 Å². The van der Waals surface area contributed by atoms with Crippen LogP contribution < -0.4 is 0 Å². The van der Waals surface area contributed by atoms with Crippen LogP contribution in [0.2, 0.25) is 0 Å². The first kappa shape index (κ1) is 17.5. The Hall–Kier alpha value is -0.830. The molecule has 0 fully saturated rings. The highest BCUT2D eigenvalue weighted by molar-refractivity contribution is 9.10. The molecular weight excluding hydrogens is 336 g/mol. The smallest absolute Gasteiger partial charge is 0.139 e. The molecule has 0 radical (unpaired) electrons. The molecule has 0 aliphatic rings. The molecule has 0 atom stereocenters. The molecule has 2 nitrogen and oxygen atoms in total. The summed E-state index contributed by atoms with van der Waals surface area (Å²) in [7, 11) is 0. The van der Waals surface area contributed by atoms with Gasteiger partial charge in [-0.05, 0) is 34.5 Å². The summed E-state index contributed by atoms with van der Waals surface area (Å²) in [5.74, 6) is 0. The predicted octanol–water partition coefficient (Wildman–Crippen LogP) is 6.72. The summed E-state index contributed by atoms with van der Waals surface area (Å²) in [5, 5.41) is 1.22. The zero-order valence-corrected chi connectivity index (χ0v) is 15.4. The summed E-state index contributed by atoms with van der Waals surface area (Å²) in [5.41, 5.74) is 1.11. The predicted molar refractivity (Wildman–Crippen MR) is 99.3 cm³/mol. The summed E-state index contributed by atoms with van der Waals surface area (Å²) in [6, 6.07) is 4.29. The fourth-order valence-corrected chi connectivity index (χ4v) is 3.35. The van der Waals surface area contributed by atoms with Gasteiger partial charge >= 0.3 is 0 Å². The molecular formula is C19H29BrN2. The van der Waals surface area contributed by atoms with Gasteiger partial charge in [0.1, 0.15) is 5.65 Å². The van der Waals surface area contributed by atoms with Crippen LogP contribution >= 0.6 is 15.9 Å². The molecule has 2 rings (SSSR count). The Morgan fingerprint density at radius 2 is 1.59 bits per heavy atom. The first-order valence-corrected chi connectivity index (χ1v) is 9.71. The summed E-state index contributed by atoms with van der Waals surface area (Å²) >= 11 is 3.48. The molecule has 0 saturated heterocycles. The Labute approximate surface area is 143 Å². The van der Waals surface area contributed by atoms with Crippen LogP contribution in [0.25, 0.3) is 11.0 Å². The Morgan fingerprint density at radius 3 is 2.27 bits per heavy atom. The van der Waals surface area contributed by atoms with E-state index in [-0.39, 0.29) is 0 Å². The fraction of sp³-hybridized carbons (Fsp3) is 0.632. The maximum absolute atomic E-state index is 4.52. The van der Waals surface area contributed by atoms with Gasteiger partial charge in [0.15, 0.2) is 0 Å². The molecule has 2 aromatic heterocycles. The summed E-state index contributed by atoms with van der Waals surface area (Å²) in [4.78, 5) is 4.52. The summed E-state index contributed by atoms with van der Waals surface area (Å²) < 4.78 is 3.34. The van der Waals surface area contributed by atoms with Crippen molar-refractivity contribution in [3.8, 4) is 0 Å². The van der Waals surface area contributed by atoms with E-state index in [1.165, 1.54) is 69.6 Å². The van der Waals surface area contributed by atoms with Crippen LogP contribution in [0.5, 0.6) is 0 Å². The minimum absolute atomic E-state index is 1.05. The van der Waals surface area contributed by atoms with Crippen LogP contribution in [0, 0.1) is 0 Å². The van der Waals surface area contributed by atoms with E-state index in [0.717, 1.165) is 16.7 Å². The van der Waals surface area contributed by atoms with Crippen molar-refractivity contribution in [3.63, 3.8) is 0 Å². The minimum Gasteiger partial charge on any atom is -0.333 e. The lowest BCUT2D eigenvalue weighted by Gasteiger charge is -2.05. The fourth-order valence-electron chi connectivity index (χ4n) is 3.00. The average molecular weight is 365 g/mol. The molecule has 0 unspecified atom stereocenters. The third kappa shape index (κ3) is 5.75. The van der Waals surface area contributed by atoms with Crippen molar-refractivity contribution >= 4 is 27.0 Å². The monoisotopic (exact) mass is 364 g/mol. The SMILES string of the molecule is CCCCCCCCCCCCn1ccc2cc(Br)cnc21. The van der Waals surface area contributed by atoms with E-state index in [1.54, 1.807) is 0 Å². The van der Waals surface area contributed by atoms with Crippen molar-refractivity contribution in [1.29, 1.82) is 0 Å². The van der Waals surface area contributed by atoms with Gasteiger partial charge in [-0.3, -0.25) is 0 Å². The largest absolute Gasteiger partial charge is 0.333 e. The Morgan fingerprint density at radius 1 is 0.955 bits per heavy atom. The van der Waals surface area contributed by atoms with Crippen molar-refractivity contribution in [3.05, 3.63) is 29.0 Å². The molecule has 0 aromatic carbocycles. The van der Waals surface area contributed by atoms with Crippen LogP contribution in [0.3, 0.4) is 0 Å². The van der Waals surface area contributed by atoms with Gasteiger partial charge in [-0.2, -0.15) is 0 Å². The molecule has 122 valence electrons. The van der Waals surface area contributed by atoms with E-state index in [2.05, 4.69) is 50.7 Å². The molecule has 0 amide bonds. The summed E-state index contributed by atoms with van der Waals surface area (Å²) in [6.45, 7) is 3.37. The standard InChI is InChI=1S/C19H29BrN2/c1-2-3-4-5-6-7-8-9-10-11-13-22-14-12-17-15-18(20)16-21-19(17)22/h12,14-16H,2-11,13H2,1H3. The number of aryl methyl sites for hydroxylation is 1. The maximum atomic E-state index is 4.52. The van der Waals surface area contributed by atoms with Crippen molar-refractivity contribution in [2.24, 2.45) is 0 Å². The second-order valence-electron chi connectivity index (χ2n) is 6.26. The van der Waals surface area contributed by atoms with Crippen LogP contribution in [0.4, 0.5) is 0 Å². The molecule has 0 saturated carbocycles. The zero-order chi connectivity index (χ0) is 15.6. The molecule has 0 aliphatic carbocycles. The number of rotatable bonds is 11. The van der Waals surface area contributed by atoms with Gasteiger partial charge in [0.2, 0.25) is 0 Å². The molecule has 0 N–H and O–H groups in total. The van der Waals surface area contributed by atoms with Crippen LogP contribution in [0.15, 0.2) is 29.0 Å². The number of aromatic nitrogens is 2. The molecule has 0 spiro atoms. The lowest BCUT2D eigenvalue weighted by atomic mass is 10.1. The quantitative estimate of drug-likeness (QED) is 0.404. The van der Waals surface area contributed by atoms with Gasteiger partial charge in [-0.25, -0.2) is 4.98 Å². The molecule has 2 aromatic rings. The minimum atomic E-state index is 1.05. The number of nitrogens with zero attached hydrogens (tertiary/aromatic N) is 2. The van der Waals surface area contributed by atoms with Gasteiger partial charge in [-0.15, -0.1) is 0 Å². The van der Waals surface area contributed by atoms with Crippen molar-refractivity contribution in [2.45, 2.75) is 77.7 Å². The highest BCUT2D eigenvalue weighted by Crippen LogP contribution is 2.19. The van der Waals surface area contributed by atoms with Crippen LogP contribution in [-0.4, -0.2) is 9.55 Å². The molecule has 0 aliphatic heterocycles. The van der Waals surface area contributed by atoms with Gasteiger partial charge in [0.05, 0.1) is 0 Å². The second-order valence-corrected chi connectivity index (χ2v) is 7.17. The highest BCUT2D eigenvalue weighted by atomic mass is 79.9. The van der Waals surface area contributed by atoms with E-state index in [9.17, 15) is 0 Å². The lowest BCUT2D eigenvalue weighted by molar-refractivity contribution is 0.538. The van der Waals surface area contributed by atoms with E-state index < -0.39 is 0 Å². The normalized spacial score (nSPS) is 11.4. The number of fused-ring (bicyclic) bond motifs is 1. The van der Waals surface area contributed by atoms with Gasteiger partial charge in [0.25, 0.3) is 0 Å². The number of halogens is 1. The number of unbranched alkanes of at least 4 members (excludes halogenated alkanes) is 9. The number of hydrogen-bond donors (Lipinski definition) is 0. The number of hydrogen-bond acceptors (Lipinski definition) is 1. The zero-order valence-electron chi connectivity index (χ0n) is 13.9. The first-order chi connectivity index (χ1) is 10.8. The Kier molecular flexibility index (Phi) is 8.00. The molecule has 3 heteroatoms. The van der Waals surface area contributed by atoms with E-state index in [4.69, 9.17) is 0 Å². The van der Waals surface area contributed by atoms with E-state index in [0.29, 0.717) is 0 Å². The lowest BCUT2D eigenvalue weighted by Crippen LogP contribution is -1.97. The topological polar surface area (TPSA) is 17.8 Å². The third-order valence-corrected chi connectivity index (χ3v) is 4.75. The molecule has 2 heterocycles. The van der Waals surface area contributed by atoms with Crippen LogP contribution in [-0.2, 0) is 6.54 Å². The second kappa shape index (κ2) is 10.0. The third-order valence-electron chi connectivity index (χ3n) is 4.32. The molecule has 0 bridgehead atoms. The number of pyridine rings is 1. The average Bonchev–Trinajstić information content (AvgIpc) is 2.91. The highest BCUT2D eigenvalue weighted by Gasteiger charge is 2.02. The van der Waals surface area contributed by atoms with Crippen LogP contribution in [0.1, 0.15) is 71.1 Å². The van der Waals surface area contributed by atoms with Gasteiger partial charge in [-0.1, -0.05) is 64.7 Å². The summed E-state index contributed by atoms with van der Waals surface area (Å²) in [6.07, 6.45) is 17.9. The van der Waals surface area contributed by atoms with Gasteiger partial charge < -0.3 is 4.57 Å². The van der Waals surface area contributed by atoms with Crippen molar-refractivity contribution in [1.82, 2.24) is 9.55 Å². The van der Waals surface area contributed by atoms with E-state index in [1.807, 2.05) is 6.20 Å². The van der Waals surface area contributed by atoms with Gasteiger partial charge in [0, 0.05) is 28.8 Å². The Balaban J connectivity index is 1.57. The van der Waals surface area contributed by atoms with E-state index >= 15 is 0 Å². The Bertz CT molecular complexity index is 547. The first-order valence-electron chi connectivity index (χ1n) is 8.91. The molecule has 22 heavy (non-hydrogen) atoms. The maximum Gasteiger partial charge on any atom is 0.139 e. The van der Waals surface area contributed by atoms with Crippen molar-refractivity contribution in [2.75, 3.05) is 0 Å².